The van der Waals surface area contributed by atoms with E-state index in [1.807, 2.05) is 13.0 Å². The minimum absolute atomic E-state index is 0.178. The highest BCUT2D eigenvalue weighted by atomic mass is 35.5. The van der Waals surface area contributed by atoms with Gasteiger partial charge in [-0.3, -0.25) is 4.79 Å². The van der Waals surface area contributed by atoms with E-state index in [0.717, 1.165) is 31.2 Å². The first-order valence-corrected chi connectivity index (χ1v) is 7.53. The van der Waals surface area contributed by atoms with Crippen molar-refractivity contribution in [2.45, 2.75) is 45.1 Å². The Kier molecular flexibility index (Phi) is 4.71. The lowest BCUT2D eigenvalue weighted by atomic mass is 9.79. The van der Waals surface area contributed by atoms with Crippen LogP contribution in [0.25, 0.3) is 0 Å². The maximum Gasteiger partial charge on any atom is 0.251 e. The molecule has 0 atom stereocenters. The highest BCUT2D eigenvalue weighted by molar-refractivity contribution is 6.31. The fraction of sp³-hybridized carbons (Fsp3) is 0.562. The molecule has 2 N–H and O–H groups in total. The Hall–Kier alpha value is -1.06. The van der Waals surface area contributed by atoms with E-state index in [1.54, 1.807) is 12.1 Å². The Balaban J connectivity index is 1.95. The summed E-state index contributed by atoms with van der Waals surface area (Å²) >= 11 is 5.96. The van der Waals surface area contributed by atoms with Gasteiger partial charge in [0.1, 0.15) is 0 Å². The molecule has 0 spiro atoms. The highest BCUT2D eigenvalue weighted by Crippen LogP contribution is 2.31. The number of rotatable bonds is 3. The second kappa shape index (κ2) is 6.15. The number of halogens is 1. The lowest BCUT2D eigenvalue weighted by molar-refractivity contribution is -0.00539. The van der Waals surface area contributed by atoms with Crippen LogP contribution in [0.3, 0.4) is 0 Å². The molecule has 0 unspecified atom stereocenters. The first-order valence-electron chi connectivity index (χ1n) is 7.16. The number of carbonyl (C=O) groups excluding carboxylic acids is 1. The summed E-state index contributed by atoms with van der Waals surface area (Å²) in [4.78, 5) is 12.1. The van der Waals surface area contributed by atoms with Crippen LogP contribution in [0.15, 0.2) is 18.2 Å². The van der Waals surface area contributed by atoms with Crippen LogP contribution < -0.4 is 5.32 Å². The molecule has 1 aromatic carbocycles. The normalized spacial score (nSPS) is 26.3. The molecule has 1 aromatic rings. The predicted molar refractivity (Wildman–Crippen MR) is 81.1 cm³/mol. The van der Waals surface area contributed by atoms with Gasteiger partial charge in [0.15, 0.2) is 0 Å². The monoisotopic (exact) mass is 295 g/mol. The van der Waals surface area contributed by atoms with E-state index in [0.29, 0.717) is 23.0 Å². The molecule has 0 saturated heterocycles. The van der Waals surface area contributed by atoms with Crippen LogP contribution >= 0.6 is 11.6 Å². The highest BCUT2D eigenvalue weighted by Gasteiger charge is 2.32. The molecular formula is C16H22ClNO2. The van der Waals surface area contributed by atoms with Crippen molar-refractivity contribution in [3.05, 3.63) is 34.3 Å². The molecule has 1 aliphatic rings. The Morgan fingerprint density at radius 1 is 1.40 bits per heavy atom. The lowest BCUT2D eigenvalue weighted by Gasteiger charge is -2.34. The van der Waals surface area contributed by atoms with Gasteiger partial charge in [0, 0.05) is 17.1 Å². The van der Waals surface area contributed by atoms with Crippen molar-refractivity contribution in [3.63, 3.8) is 0 Å². The Morgan fingerprint density at radius 2 is 2.05 bits per heavy atom. The third-order valence-electron chi connectivity index (χ3n) is 4.09. The molecule has 0 aliphatic heterocycles. The zero-order valence-electron chi connectivity index (χ0n) is 12.1. The zero-order chi connectivity index (χ0) is 14.8. The first-order chi connectivity index (χ1) is 9.38. The van der Waals surface area contributed by atoms with Crippen molar-refractivity contribution >= 4 is 17.5 Å². The minimum atomic E-state index is -0.754. The largest absolute Gasteiger partial charge is 0.388 e. The van der Waals surface area contributed by atoms with Crippen molar-refractivity contribution < 1.29 is 9.90 Å². The van der Waals surface area contributed by atoms with Gasteiger partial charge in [-0.25, -0.2) is 0 Å². The number of amides is 1. The van der Waals surface area contributed by atoms with Crippen molar-refractivity contribution in [1.29, 1.82) is 0 Å². The molecule has 2 rings (SSSR count). The maximum atomic E-state index is 12.1. The van der Waals surface area contributed by atoms with Gasteiger partial charge in [-0.05, 0) is 62.3 Å². The molecule has 0 aromatic heterocycles. The topological polar surface area (TPSA) is 49.3 Å². The van der Waals surface area contributed by atoms with E-state index >= 15 is 0 Å². The first kappa shape index (κ1) is 15.3. The third-order valence-corrected chi connectivity index (χ3v) is 4.31. The summed E-state index contributed by atoms with van der Waals surface area (Å²) in [6.07, 6.45) is 3.54. The summed E-state index contributed by atoms with van der Waals surface area (Å²) in [5.74, 6) is 0.490. The minimum Gasteiger partial charge on any atom is -0.388 e. The number of nitrogens with one attached hydrogen (secondary N) is 1. The molecule has 0 heterocycles. The number of hydrogen-bond donors (Lipinski definition) is 2. The molecule has 1 saturated carbocycles. The van der Waals surface area contributed by atoms with Crippen molar-refractivity contribution in [1.82, 2.24) is 5.32 Å². The van der Waals surface area contributed by atoms with Gasteiger partial charge >= 0.3 is 0 Å². The van der Waals surface area contributed by atoms with Crippen LogP contribution in [-0.2, 0) is 0 Å². The maximum absolute atomic E-state index is 12.1. The second-order valence-corrected chi connectivity index (χ2v) is 6.54. The van der Waals surface area contributed by atoms with E-state index in [2.05, 4.69) is 12.2 Å². The molecule has 4 heteroatoms. The third kappa shape index (κ3) is 3.97. The smallest absolute Gasteiger partial charge is 0.251 e. The Labute approximate surface area is 125 Å². The van der Waals surface area contributed by atoms with E-state index < -0.39 is 5.60 Å². The molecule has 1 amide bonds. The van der Waals surface area contributed by atoms with Crippen LogP contribution in [0.4, 0.5) is 0 Å². The standard InChI is InChI=1S/C16H22ClNO2/c1-11-3-5-16(20,6-4-11)10-18-15(19)13-7-12(2)8-14(17)9-13/h7-9,11,20H,3-6,10H2,1-2H3,(H,18,19). The Bertz CT molecular complexity index is 473. The average Bonchev–Trinajstić information content (AvgIpc) is 2.39. The van der Waals surface area contributed by atoms with Gasteiger partial charge in [-0.1, -0.05) is 18.5 Å². The summed E-state index contributed by atoms with van der Waals surface area (Å²) in [6, 6.07) is 5.26. The SMILES string of the molecule is Cc1cc(Cl)cc(C(=O)NCC2(O)CCC(C)CC2)c1. The molecule has 20 heavy (non-hydrogen) atoms. The molecular weight excluding hydrogens is 274 g/mol. The molecule has 1 aliphatic carbocycles. The van der Waals surface area contributed by atoms with Gasteiger partial charge in [0.25, 0.3) is 5.91 Å². The van der Waals surface area contributed by atoms with Gasteiger partial charge in [0.05, 0.1) is 5.60 Å². The van der Waals surface area contributed by atoms with Crippen LogP contribution in [0.2, 0.25) is 5.02 Å². The summed E-state index contributed by atoms with van der Waals surface area (Å²) in [5, 5.41) is 13.8. The summed E-state index contributed by atoms with van der Waals surface area (Å²) in [5.41, 5.74) is 0.742. The fourth-order valence-electron chi connectivity index (χ4n) is 2.69. The van der Waals surface area contributed by atoms with Crippen LogP contribution in [-0.4, -0.2) is 23.2 Å². The molecule has 1 fully saturated rings. The number of carbonyl (C=O) groups is 1. The van der Waals surface area contributed by atoms with Gasteiger partial charge in [0.2, 0.25) is 0 Å². The van der Waals surface area contributed by atoms with Gasteiger partial charge in [-0.15, -0.1) is 0 Å². The van der Waals surface area contributed by atoms with Crippen LogP contribution in [0, 0.1) is 12.8 Å². The molecule has 0 bridgehead atoms. The van der Waals surface area contributed by atoms with E-state index in [-0.39, 0.29) is 5.91 Å². The fourth-order valence-corrected chi connectivity index (χ4v) is 2.98. The van der Waals surface area contributed by atoms with Crippen LogP contribution in [0.1, 0.15) is 48.5 Å². The predicted octanol–water partition coefficient (Wildman–Crippen LogP) is 3.32. The number of aryl methyl sites for hydroxylation is 1. The van der Waals surface area contributed by atoms with Crippen molar-refractivity contribution in [2.24, 2.45) is 5.92 Å². The zero-order valence-corrected chi connectivity index (χ0v) is 12.8. The van der Waals surface area contributed by atoms with Gasteiger partial charge < -0.3 is 10.4 Å². The van der Waals surface area contributed by atoms with Gasteiger partial charge in [-0.2, -0.15) is 0 Å². The van der Waals surface area contributed by atoms with E-state index in [9.17, 15) is 9.90 Å². The summed E-state index contributed by atoms with van der Waals surface area (Å²) in [6.45, 7) is 4.41. The van der Waals surface area contributed by atoms with E-state index in [1.165, 1.54) is 0 Å². The lowest BCUT2D eigenvalue weighted by Crippen LogP contribution is -2.45. The summed E-state index contributed by atoms with van der Waals surface area (Å²) in [7, 11) is 0. The van der Waals surface area contributed by atoms with Crippen LogP contribution in [0.5, 0.6) is 0 Å². The summed E-state index contributed by atoms with van der Waals surface area (Å²) < 4.78 is 0. The molecule has 3 nitrogen and oxygen atoms in total. The Morgan fingerprint density at radius 3 is 2.65 bits per heavy atom. The number of aliphatic hydroxyl groups is 1. The second-order valence-electron chi connectivity index (χ2n) is 6.11. The molecule has 0 radical (unpaired) electrons. The quantitative estimate of drug-likeness (QED) is 0.899. The average molecular weight is 296 g/mol. The number of hydrogen-bond acceptors (Lipinski definition) is 2. The van der Waals surface area contributed by atoms with E-state index in [4.69, 9.17) is 11.6 Å². The molecule has 110 valence electrons. The van der Waals surface area contributed by atoms with Crippen molar-refractivity contribution in [3.8, 4) is 0 Å². The van der Waals surface area contributed by atoms with Crippen molar-refractivity contribution in [2.75, 3.05) is 6.54 Å². The number of benzene rings is 1.